The summed E-state index contributed by atoms with van der Waals surface area (Å²) in [7, 11) is 1.67. The number of anilines is 1. The van der Waals surface area contributed by atoms with Gasteiger partial charge in [0.1, 0.15) is 5.75 Å². The van der Waals surface area contributed by atoms with Crippen molar-refractivity contribution < 1.29 is 9.53 Å². The molecule has 2 aromatic rings. The Bertz CT molecular complexity index is 726. The monoisotopic (exact) mass is 378 g/mol. The van der Waals surface area contributed by atoms with Crippen LogP contribution in [0.5, 0.6) is 5.75 Å². The van der Waals surface area contributed by atoms with Crippen LogP contribution in [0.3, 0.4) is 0 Å². The maximum absolute atomic E-state index is 12.6. The highest BCUT2D eigenvalue weighted by atomic mass is 35.5. The van der Waals surface area contributed by atoms with Gasteiger partial charge in [-0.3, -0.25) is 9.48 Å². The lowest BCUT2D eigenvalue weighted by Gasteiger charge is -2.14. The van der Waals surface area contributed by atoms with Crippen molar-refractivity contribution in [2.45, 2.75) is 32.7 Å². The van der Waals surface area contributed by atoms with Gasteiger partial charge in [-0.15, -0.1) is 12.4 Å². The van der Waals surface area contributed by atoms with E-state index < -0.39 is 0 Å². The van der Waals surface area contributed by atoms with E-state index in [0.717, 1.165) is 55.9 Å². The first-order valence-electron chi connectivity index (χ1n) is 8.91. The Labute approximate surface area is 160 Å². The molecule has 26 heavy (non-hydrogen) atoms. The van der Waals surface area contributed by atoms with Crippen LogP contribution in [0.4, 0.5) is 5.69 Å². The van der Waals surface area contributed by atoms with Crippen molar-refractivity contribution in [1.29, 1.82) is 0 Å². The topological polar surface area (TPSA) is 68.2 Å². The average molecular weight is 379 g/mol. The molecule has 1 saturated heterocycles. The maximum Gasteiger partial charge on any atom is 0.255 e. The van der Waals surface area contributed by atoms with Gasteiger partial charge in [0.05, 0.1) is 19.0 Å². The number of hydrogen-bond acceptors (Lipinski definition) is 4. The summed E-state index contributed by atoms with van der Waals surface area (Å²) >= 11 is 0. The fourth-order valence-corrected chi connectivity index (χ4v) is 3.26. The fraction of sp³-hybridized carbons (Fsp3) is 0.474. The number of carbonyl (C=O) groups is 1. The first-order valence-corrected chi connectivity index (χ1v) is 8.91. The Hall–Kier alpha value is -2.05. The van der Waals surface area contributed by atoms with E-state index in [1.54, 1.807) is 19.4 Å². The maximum atomic E-state index is 12.6. The van der Waals surface area contributed by atoms with Gasteiger partial charge in [0.25, 0.3) is 5.91 Å². The second kappa shape index (κ2) is 9.59. The number of amides is 1. The minimum atomic E-state index is -0.121. The molecule has 0 spiro atoms. The van der Waals surface area contributed by atoms with Crippen LogP contribution in [-0.4, -0.2) is 35.9 Å². The van der Waals surface area contributed by atoms with Gasteiger partial charge in [-0.2, -0.15) is 5.10 Å². The molecular formula is C19H27ClN4O2. The molecule has 0 aliphatic carbocycles. The van der Waals surface area contributed by atoms with Crippen LogP contribution in [0.25, 0.3) is 0 Å². The van der Waals surface area contributed by atoms with Crippen LogP contribution >= 0.6 is 12.4 Å². The van der Waals surface area contributed by atoms with E-state index in [1.165, 1.54) is 0 Å². The zero-order valence-electron chi connectivity index (χ0n) is 15.3. The minimum absolute atomic E-state index is 0. The summed E-state index contributed by atoms with van der Waals surface area (Å²) in [6.45, 7) is 5.03. The van der Waals surface area contributed by atoms with Gasteiger partial charge in [-0.25, -0.2) is 0 Å². The molecule has 1 atom stereocenters. The molecule has 1 unspecified atom stereocenters. The number of nitrogens with zero attached hydrogens (tertiary/aromatic N) is 2. The number of hydrogen-bond donors (Lipinski definition) is 2. The smallest absolute Gasteiger partial charge is 0.255 e. The van der Waals surface area contributed by atoms with Gasteiger partial charge in [-0.05, 0) is 62.0 Å². The van der Waals surface area contributed by atoms with E-state index in [0.29, 0.717) is 11.5 Å². The van der Waals surface area contributed by atoms with E-state index in [9.17, 15) is 4.79 Å². The van der Waals surface area contributed by atoms with Crippen molar-refractivity contribution in [2.75, 3.05) is 25.5 Å². The summed E-state index contributed by atoms with van der Waals surface area (Å²) in [6.07, 6.45) is 6.63. The van der Waals surface area contributed by atoms with Gasteiger partial charge >= 0.3 is 0 Å². The van der Waals surface area contributed by atoms with Crippen LogP contribution in [0, 0.1) is 5.92 Å². The number of nitrogens with one attached hydrogen (secondary N) is 2. The van der Waals surface area contributed by atoms with Gasteiger partial charge in [-0.1, -0.05) is 6.92 Å². The summed E-state index contributed by atoms with van der Waals surface area (Å²) in [5, 5.41) is 10.5. The Balaban J connectivity index is 0.00000243. The van der Waals surface area contributed by atoms with Crippen LogP contribution in [-0.2, 0) is 13.0 Å². The fourth-order valence-electron chi connectivity index (χ4n) is 3.26. The quantitative estimate of drug-likeness (QED) is 0.776. The minimum Gasteiger partial charge on any atom is -0.496 e. The molecule has 1 aromatic heterocycles. The molecule has 3 rings (SSSR count). The third-order valence-electron chi connectivity index (χ3n) is 4.56. The Kier molecular flexibility index (Phi) is 7.48. The summed E-state index contributed by atoms with van der Waals surface area (Å²) in [6, 6.07) is 5.64. The first kappa shape index (κ1) is 20.3. The zero-order chi connectivity index (χ0) is 17.6. The standard InChI is InChI=1S/C19H26N4O2.ClH/c1-3-8-23-13-17(12-21-23)22-19(24)15-4-5-18(25-2)16(10-15)9-14-6-7-20-11-14;/h4-5,10,12-14,20H,3,6-9,11H2,1-2H3,(H,22,24);1H. The lowest BCUT2D eigenvalue weighted by atomic mass is 9.96. The summed E-state index contributed by atoms with van der Waals surface area (Å²) in [5.74, 6) is 1.32. The summed E-state index contributed by atoms with van der Waals surface area (Å²) < 4.78 is 7.31. The third-order valence-corrected chi connectivity index (χ3v) is 4.56. The highest BCUT2D eigenvalue weighted by molar-refractivity contribution is 6.04. The molecule has 1 amide bonds. The van der Waals surface area contributed by atoms with Crippen LogP contribution in [0.15, 0.2) is 30.6 Å². The molecule has 7 heteroatoms. The van der Waals surface area contributed by atoms with E-state index in [2.05, 4.69) is 22.7 Å². The lowest BCUT2D eigenvalue weighted by Crippen LogP contribution is -2.14. The van der Waals surface area contributed by atoms with Crippen molar-refractivity contribution in [3.63, 3.8) is 0 Å². The molecule has 1 aliphatic heterocycles. The second-order valence-corrected chi connectivity index (χ2v) is 6.54. The number of carbonyl (C=O) groups excluding carboxylic acids is 1. The normalized spacial score (nSPS) is 16.2. The average Bonchev–Trinajstić information content (AvgIpc) is 3.27. The molecule has 2 N–H and O–H groups in total. The number of methoxy groups -OCH3 is 1. The second-order valence-electron chi connectivity index (χ2n) is 6.54. The Morgan fingerprint density at radius 1 is 1.46 bits per heavy atom. The van der Waals surface area contributed by atoms with Crippen molar-refractivity contribution >= 4 is 24.0 Å². The largest absolute Gasteiger partial charge is 0.496 e. The molecule has 0 saturated carbocycles. The SMILES string of the molecule is CCCn1cc(NC(=O)c2ccc(OC)c(CC3CCNC3)c2)cn1.Cl. The van der Waals surface area contributed by atoms with Gasteiger partial charge in [0.15, 0.2) is 0 Å². The molecule has 142 valence electrons. The molecular weight excluding hydrogens is 352 g/mol. The molecule has 0 radical (unpaired) electrons. The molecule has 2 heterocycles. The van der Waals surface area contributed by atoms with E-state index in [-0.39, 0.29) is 18.3 Å². The number of ether oxygens (including phenoxy) is 1. The van der Waals surface area contributed by atoms with Crippen molar-refractivity contribution in [2.24, 2.45) is 5.92 Å². The van der Waals surface area contributed by atoms with Gasteiger partial charge < -0.3 is 15.4 Å². The van der Waals surface area contributed by atoms with E-state index >= 15 is 0 Å². The van der Waals surface area contributed by atoms with E-state index in [1.807, 2.05) is 23.0 Å². The predicted octanol–water partition coefficient (Wildman–Crippen LogP) is 3.13. The molecule has 6 nitrogen and oxygen atoms in total. The van der Waals surface area contributed by atoms with Crippen LogP contribution in [0.1, 0.15) is 35.7 Å². The van der Waals surface area contributed by atoms with Crippen molar-refractivity contribution in [3.8, 4) is 5.75 Å². The predicted molar refractivity (Wildman–Crippen MR) is 105 cm³/mol. The van der Waals surface area contributed by atoms with Crippen LogP contribution in [0.2, 0.25) is 0 Å². The number of benzene rings is 1. The first-order chi connectivity index (χ1) is 12.2. The van der Waals surface area contributed by atoms with Crippen LogP contribution < -0.4 is 15.4 Å². The third kappa shape index (κ3) is 4.99. The van der Waals surface area contributed by atoms with E-state index in [4.69, 9.17) is 4.74 Å². The van der Waals surface area contributed by atoms with Gasteiger partial charge in [0.2, 0.25) is 0 Å². The molecule has 0 bridgehead atoms. The lowest BCUT2D eigenvalue weighted by molar-refractivity contribution is 0.102. The Morgan fingerprint density at radius 3 is 3.00 bits per heavy atom. The molecule has 1 aromatic carbocycles. The number of aryl methyl sites for hydroxylation is 1. The molecule has 1 fully saturated rings. The number of halogens is 1. The Morgan fingerprint density at radius 2 is 2.31 bits per heavy atom. The number of aromatic nitrogens is 2. The highest BCUT2D eigenvalue weighted by Crippen LogP contribution is 2.25. The summed E-state index contributed by atoms with van der Waals surface area (Å²) in [5.41, 5.74) is 2.45. The van der Waals surface area contributed by atoms with Crippen molar-refractivity contribution in [3.05, 3.63) is 41.7 Å². The van der Waals surface area contributed by atoms with Gasteiger partial charge in [0, 0.05) is 18.3 Å². The summed E-state index contributed by atoms with van der Waals surface area (Å²) in [4.78, 5) is 12.6. The molecule has 1 aliphatic rings. The number of rotatable bonds is 7. The zero-order valence-corrected chi connectivity index (χ0v) is 16.1. The highest BCUT2D eigenvalue weighted by Gasteiger charge is 2.18. The van der Waals surface area contributed by atoms with Crippen molar-refractivity contribution in [1.82, 2.24) is 15.1 Å².